The van der Waals surface area contributed by atoms with E-state index in [0.717, 1.165) is 25.7 Å². The van der Waals surface area contributed by atoms with E-state index in [2.05, 4.69) is 15.6 Å². The van der Waals surface area contributed by atoms with Crippen molar-refractivity contribution in [1.82, 2.24) is 25.2 Å². The lowest BCUT2D eigenvalue weighted by atomic mass is 9.85. The predicted molar refractivity (Wildman–Crippen MR) is 75.0 cm³/mol. The van der Waals surface area contributed by atoms with Crippen LogP contribution in [-0.4, -0.2) is 42.8 Å². The molecule has 1 N–H and O–H groups in total. The molecular formula is C14H21N5O2. The summed E-state index contributed by atoms with van der Waals surface area (Å²) >= 11 is 0. The van der Waals surface area contributed by atoms with Crippen LogP contribution in [0.4, 0.5) is 0 Å². The van der Waals surface area contributed by atoms with Gasteiger partial charge >= 0.3 is 0 Å². The second kappa shape index (κ2) is 4.54. The zero-order valence-electron chi connectivity index (χ0n) is 12.7. The molecular weight excluding hydrogens is 270 g/mol. The first-order valence-corrected chi connectivity index (χ1v) is 7.35. The molecule has 2 aliphatic rings. The number of aryl methyl sites for hydroxylation is 1. The molecule has 3 rings (SSSR count). The van der Waals surface area contributed by atoms with E-state index in [4.69, 9.17) is 0 Å². The van der Waals surface area contributed by atoms with Crippen molar-refractivity contribution < 1.29 is 9.59 Å². The lowest BCUT2D eigenvalue weighted by Crippen LogP contribution is -2.73. The molecule has 1 saturated carbocycles. The van der Waals surface area contributed by atoms with Gasteiger partial charge in [0.05, 0.1) is 6.54 Å². The monoisotopic (exact) mass is 291 g/mol. The summed E-state index contributed by atoms with van der Waals surface area (Å²) in [5.74, 6) is -0.0804. The van der Waals surface area contributed by atoms with Crippen LogP contribution in [0.5, 0.6) is 0 Å². The van der Waals surface area contributed by atoms with Crippen LogP contribution in [0, 0.1) is 0 Å². The van der Waals surface area contributed by atoms with Gasteiger partial charge in [0.15, 0.2) is 0 Å². The predicted octanol–water partition coefficient (Wildman–Crippen LogP) is 0.365. The number of carbonyl (C=O) groups excluding carboxylic acids is 2. The molecule has 7 heteroatoms. The Bertz CT molecular complexity index is 586. The summed E-state index contributed by atoms with van der Waals surface area (Å²) in [5.41, 5.74) is -0.861. The lowest BCUT2D eigenvalue weighted by Gasteiger charge is -2.49. The normalized spacial score (nSPS) is 23.7. The highest BCUT2D eigenvalue weighted by atomic mass is 16.2. The molecule has 1 aliphatic heterocycles. The van der Waals surface area contributed by atoms with Gasteiger partial charge in [-0.25, -0.2) is 0 Å². The molecule has 1 spiro atoms. The van der Waals surface area contributed by atoms with Crippen molar-refractivity contribution in [2.45, 2.75) is 57.2 Å². The number of hydrogen-bond acceptors (Lipinski definition) is 4. The van der Waals surface area contributed by atoms with Gasteiger partial charge in [0.1, 0.15) is 16.8 Å². The maximum Gasteiger partial charge on any atom is 0.249 e. The van der Waals surface area contributed by atoms with E-state index in [1.54, 1.807) is 36.7 Å². The standard InChI is InChI=1S/C14H21N5O2/c1-13(2)12(21)19(9-10-8-18(3)17-16-10)14(11(20)15-13)6-4-5-7-14/h8H,4-7,9H2,1-3H3,(H,15,20). The average Bonchev–Trinajstić information content (AvgIpc) is 3.03. The first-order chi connectivity index (χ1) is 9.85. The number of carbonyl (C=O) groups is 2. The fraction of sp³-hybridized carbons (Fsp3) is 0.714. The first-order valence-electron chi connectivity index (χ1n) is 7.35. The SMILES string of the molecule is Cn1cc(CN2C(=O)C(C)(C)NC(=O)C23CCCC3)nn1. The lowest BCUT2D eigenvalue weighted by molar-refractivity contribution is -0.162. The van der Waals surface area contributed by atoms with Gasteiger partial charge in [-0.1, -0.05) is 18.1 Å². The number of amides is 2. The largest absolute Gasteiger partial charge is 0.340 e. The van der Waals surface area contributed by atoms with Crippen molar-refractivity contribution in [3.05, 3.63) is 11.9 Å². The van der Waals surface area contributed by atoms with E-state index in [9.17, 15) is 9.59 Å². The summed E-state index contributed by atoms with van der Waals surface area (Å²) < 4.78 is 1.61. The fourth-order valence-corrected chi connectivity index (χ4v) is 3.42. The highest BCUT2D eigenvalue weighted by molar-refractivity contribution is 6.02. The van der Waals surface area contributed by atoms with Crippen LogP contribution in [0.25, 0.3) is 0 Å². The molecule has 0 aromatic carbocycles. The summed E-state index contributed by atoms with van der Waals surface area (Å²) in [4.78, 5) is 27.2. The molecule has 1 aromatic rings. The molecule has 0 radical (unpaired) electrons. The zero-order valence-corrected chi connectivity index (χ0v) is 12.7. The van der Waals surface area contributed by atoms with Crippen molar-refractivity contribution in [2.24, 2.45) is 7.05 Å². The Labute approximate surface area is 123 Å². The molecule has 0 atom stereocenters. The van der Waals surface area contributed by atoms with Crippen molar-refractivity contribution in [1.29, 1.82) is 0 Å². The van der Waals surface area contributed by atoms with Crippen molar-refractivity contribution in [2.75, 3.05) is 0 Å². The van der Waals surface area contributed by atoms with E-state index in [1.165, 1.54) is 0 Å². The van der Waals surface area contributed by atoms with Gasteiger partial charge in [0.2, 0.25) is 11.8 Å². The molecule has 0 bridgehead atoms. The maximum atomic E-state index is 12.8. The molecule has 1 aliphatic carbocycles. The summed E-state index contributed by atoms with van der Waals surface area (Å²) in [5, 5.41) is 10.9. The van der Waals surface area contributed by atoms with Gasteiger partial charge in [-0.05, 0) is 26.7 Å². The third-order valence-corrected chi connectivity index (χ3v) is 4.55. The highest BCUT2D eigenvalue weighted by Crippen LogP contribution is 2.40. The quantitative estimate of drug-likeness (QED) is 0.853. The van der Waals surface area contributed by atoms with E-state index < -0.39 is 11.1 Å². The molecule has 114 valence electrons. The van der Waals surface area contributed by atoms with Crippen LogP contribution in [-0.2, 0) is 23.2 Å². The third kappa shape index (κ3) is 2.11. The molecule has 1 saturated heterocycles. The number of nitrogens with one attached hydrogen (secondary N) is 1. The zero-order chi connectivity index (χ0) is 15.3. The second-order valence-corrected chi connectivity index (χ2v) is 6.59. The number of nitrogens with zero attached hydrogens (tertiary/aromatic N) is 4. The molecule has 2 fully saturated rings. The van der Waals surface area contributed by atoms with Crippen LogP contribution < -0.4 is 5.32 Å². The van der Waals surface area contributed by atoms with Gasteiger partial charge in [-0.2, -0.15) is 0 Å². The molecule has 1 aromatic heterocycles. The Morgan fingerprint density at radius 2 is 1.95 bits per heavy atom. The molecule has 0 unspecified atom stereocenters. The Balaban J connectivity index is 1.98. The Morgan fingerprint density at radius 3 is 2.52 bits per heavy atom. The van der Waals surface area contributed by atoms with Crippen molar-refractivity contribution in [3.63, 3.8) is 0 Å². The van der Waals surface area contributed by atoms with Crippen molar-refractivity contribution >= 4 is 11.8 Å². The molecule has 2 heterocycles. The number of piperazine rings is 1. The number of aromatic nitrogens is 3. The summed E-state index contributed by atoms with van der Waals surface area (Å²) in [6.45, 7) is 3.83. The van der Waals surface area contributed by atoms with Crippen LogP contribution in [0.15, 0.2) is 6.20 Å². The van der Waals surface area contributed by atoms with Crippen LogP contribution >= 0.6 is 0 Å². The first kappa shape index (κ1) is 14.0. The summed E-state index contributed by atoms with van der Waals surface area (Å²) in [6, 6.07) is 0. The smallest absolute Gasteiger partial charge is 0.249 e. The van der Waals surface area contributed by atoms with E-state index in [-0.39, 0.29) is 11.8 Å². The van der Waals surface area contributed by atoms with Gasteiger partial charge in [0, 0.05) is 13.2 Å². The van der Waals surface area contributed by atoms with Gasteiger partial charge in [-0.3, -0.25) is 14.3 Å². The Morgan fingerprint density at radius 1 is 1.29 bits per heavy atom. The molecule has 7 nitrogen and oxygen atoms in total. The minimum atomic E-state index is -0.868. The van der Waals surface area contributed by atoms with Gasteiger partial charge in [0.25, 0.3) is 0 Å². The van der Waals surface area contributed by atoms with E-state index >= 15 is 0 Å². The topological polar surface area (TPSA) is 80.1 Å². The maximum absolute atomic E-state index is 12.8. The van der Waals surface area contributed by atoms with Crippen molar-refractivity contribution in [3.8, 4) is 0 Å². The second-order valence-electron chi connectivity index (χ2n) is 6.59. The number of rotatable bonds is 2. The molecule has 2 amide bonds. The van der Waals surface area contributed by atoms with Crippen LogP contribution in [0.3, 0.4) is 0 Å². The summed E-state index contributed by atoms with van der Waals surface area (Å²) in [7, 11) is 1.79. The van der Waals surface area contributed by atoms with Gasteiger partial charge < -0.3 is 10.2 Å². The summed E-state index contributed by atoms with van der Waals surface area (Å²) in [6.07, 6.45) is 5.17. The fourth-order valence-electron chi connectivity index (χ4n) is 3.42. The van der Waals surface area contributed by atoms with Crippen LogP contribution in [0.1, 0.15) is 45.2 Å². The van der Waals surface area contributed by atoms with Gasteiger partial charge in [-0.15, -0.1) is 5.10 Å². The van der Waals surface area contributed by atoms with E-state index in [1.807, 2.05) is 0 Å². The Hall–Kier alpha value is -1.92. The minimum Gasteiger partial charge on any atom is -0.340 e. The third-order valence-electron chi connectivity index (χ3n) is 4.55. The average molecular weight is 291 g/mol. The highest BCUT2D eigenvalue weighted by Gasteiger charge is 2.56. The number of hydrogen-bond donors (Lipinski definition) is 1. The van der Waals surface area contributed by atoms with E-state index in [0.29, 0.717) is 12.2 Å². The minimum absolute atomic E-state index is 0.0338. The Kier molecular flexibility index (Phi) is 3.04. The molecule has 21 heavy (non-hydrogen) atoms. The van der Waals surface area contributed by atoms with Crippen LogP contribution in [0.2, 0.25) is 0 Å².